The van der Waals surface area contributed by atoms with Gasteiger partial charge in [-0.05, 0) is 24.3 Å². The summed E-state index contributed by atoms with van der Waals surface area (Å²) < 4.78 is 13.0. The first-order chi connectivity index (χ1) is 12.2. The first kappa shape index (κ1) is 16.9. The van der Waals surface area contributed by atoms with Gasteiger partial charge in [0.1, 0.15) is 17.3 Å². The smallest absolute Gasteiger partial charge is 0.271 e. The van der Waals surface area contributed by atoms with Crippen LogP contribution < -0.4 is 15.1 Å². The summed E-state index contributed by atoms with van der Waals surface area (Å²) in [7, 11) is 0. The fraction of sp³-hybridized carbons (Fsp3) is 0.278. The molecule has 1 amide bonds. The Balaban J connectivity index is 1.58. The van der Waals surface area contributed by atoms with Crippen LogP contribution in [0.1, 0.15) is 10.5 Å². The molecule has 0 saturated carbocycles. The average molecular weight is 341 g/mol. The number of halogens is 1. The van der Waals surface area contributed by atoms with E-state index in [4.69, 9.17) is 0 Å². The molecule has 0 spiro atoms. The summed E-state index contributed by atoms with van der Waals surface area (Å²) in [4.78, 5) is 24.7. The number of anilines is 2. The second-order valence-corrected chi connectivity index (χ2v) is 5.71. The van der Waals surface area contributed by atoms with Gasteiger partial charge in [0.15, 0.2) is 0 Å². The molecule has 1 aromatic carbocycles. The van der Waals surface area contributed by atoms with Gasteiger partial charge < -0.3 is 15.1 Å². The summed E-state index contributed by atoms with van der Waals surface area (Å²) in [6.07, 6.45) is 4.72. The molecule has 2 heterocycles. The maximum absolute atomic E-state index is 13.0. The van der Waals surface area contributed by atoms with Crippen LogP contribution in [0.4, 0.5) is 15.9 Å². The number of piperazine rings is 1. The van der Waals surface area contributed by atoms with Gasteiger partial charge in [-0.15, -0.1) is 6.58 Å². The number of carbonyl (C=O) groups is 1. The molecular formula is C18H20FN5O. The molecule has 1 fully saturated rings. The zero-order chi connectivity index (χ0) is 17.6. The molecule has 130 valence electrons. The Kier molecular flexibility index (Phi) is 5.23. The van der Waals surface area contributed by atoms with Gasteiger partial charge in [0.2, 0.25) is 0 Å². The van der Waals surface area contributed by atoms with Crippen molar-refractivity contribution in [3.8, 4) is 0 Å². The van der Waals surface area contributed by atoms with Crippen molar-refractivity contribution < 1.29 is 9.18 Å². The van der Waals surface area contributed by atoms with Crippen LogP contribution >= 0.6 is 0 Å². The van der Waals surface area contributed by atoms with Crippen molar-refractivity contribution in [2.45, 2.75) is 0 Å². The fourth-order valence-corrected chi connectivity index (χ4v) is 2.70. The maximum atomic E-state index is 13.0. The van der Waals surface area contributed by atoms with E-state index in [9.17, 15) is 9.18 Å². The molecule has 1 aliphatic rings. The summed E-state index contributed by atoms with van der Waals surface area (Å²) in [5.74, 6) is 0.258. The highest BCUT2D eigenvalue weighted by Crippen LogP contribution is 2.19. The lowest BCUT2D eigenvalue weighted by atomic mass is 10.2. The number of aromatic nitrogens is 2. The van der Waals surface area contributed by atoms with Crippen LogP contribution in [0, 0.1) is 5.82 Å². The Morgan fingerprint density at radius 2 is 1.80 bits per heavy atom. The first-order valence-corrected chi connectivity index (χ1v) is 8.14. The van der Waals surface area contributed by atoms with Crippen LogP contribution in [-0.2, 0) is 0 Å². The Morgan fingerprint density at radius 1 is 1.12 bits per heavy atom. The van der Waals surface area contributed by atoms with Crippen LogP contribution in [0.25, 0.3) is 0 Å². The number of hydrogen-bond donors (Lipinski definition) is 1. The van der Waals surface area contributed by atoms with Gasteiger partial charge in [-0.3, -0.25) is 4.79 Å². The molecule has 1 N–H and O–H groups in total. The van der Waals surface area contributed by atoms with Crippen molar-refractivity contribution >= 4 is 17.4 Å². The third kappa shape index (κ3) is 4.12. The molecule has 0 aliphatic carbocycles. The highest BCUT2D eigenvalue weighted by atomic mass is 19.1. The minimum Gasteiger partial charge on any atom is -0.368 e. The molecule has 7 heteroatoms. The summed E-state index contributed by atoms with van der Waals surface area (Å²) in [5.41, 5.74) is 1.30. The predicted octanol–water partition coefficient (Wildman–Crippen LogP) is 1.86. The van der Waals surface area contributed by atoms with Gasteiger partial charge in [0.05, 0.1) is 12.4 Å². The van der Waals surface area contributed by atoms with E-state index in [1.807, 2.05) is 0 Å². The SMILES string of the molecule is C=CCNC(=O)c1cnc(N2CCN(c3ccc(F)cc3)CC2)cn1. The monoisotopic (exact) mass is 341 g/mol. The molecule has 0 unspecified atom stereocenters. The van der Waals surface area contributed by atoms with E-state index in [1.54, 1.807) is 24.4 Å². The Morgan fingerprint density at radius 3 is 2.40 bits per heavy atom. The van der Waals surface area contributed by atoms with Gasteiger partial charge in [0, 0.05) is 38.4 Å². The normalized spacial score (nSPS) is 14.3. The number of benzene rings is 1. The van der Waals surface area contributed by atoms with Crippen molar-refractivity contribution in [1.29, 1.82) is 0 Å². The van der Waals surface area contributed by atoms with Crippen molar-refractivity contribution in [2.75, 3.05) is 42.5 Å². The average Bonchev–Trinajstić information content (AvgIpc) is 2.67. The minimum absolute atomic E-state index is 0.227. The van der Waals surface area contributed by atoms with E-state index in [0.29, 0.717) is 6.54 Å². The second kappa shape index (κ2) is 7.74. The number of hydrogen-bond acceptors (Lipinski definition) is 5. The summed E-state index contributed by atoms with van der Waals surface area (Å²) in [5, 5.41) is 2.67. The van der Waals surface area contributed by atoms with E-state index in [2.05, 4.69) is 31.7 Å². The van der Waals surface area contributed by atoms with Crippen LogP contribution in [0.5, 0.6) is 0 Å². The third-order valence-electron chi connectivity index (χ3n) is 4.07. The topological polar surface area (TPSA) is 61.4 Å². The standard InChI is InChI=1S/C18H20FN5O/c1-2-7-20-18(25)16-12-22-17(13-21-16)24-10-8-23(9-11-24)15-5-3-14(19)4-6-15/h2-6,12-13H,1,7-11H2,(H,20,25). The third-order valence-corrected chi connectivity index (χ3v) is 4.07. The van der Waals surface area contributed by atoms with E-state index in [0.717, 1.165) is 37.7 Å². The lowest BCUT2D eigenvalue weighted by Crippen LogP contribution is -2.46. The fourth-order valence-electron chi connectivity index (χ4n) is 2.70. The molecule has 1 saturated heterocycles. The zero-order valence-electron chi connectivity index (χ0n) is 13.9. The Bertz CT molecular complexity index is 724. The van der Waals surface area contributed by atoms with Crippen LogP contribution in [0.3, 0.4) is 0 Å². The van der Waals surface area contributed by atoms with Crippen molar-refractivity contribution in [3.05, 3.63) is 60.8 Å². The van der Waals surface area contributed by atoms with Gasteiger partial charge >= 0.3 is 0 Å². The van der Waals surface area contributed by atoms with Crippen LogP contribution in [0.15, 0.2) is 49.3 Å². The van der Waals surface area contributed by atoms with Crippen molar-refractivity contribution in [3.63, 3.8) is 0 Å². The summed E-state index contributed by atoms with van der Waals surface area (Å²) in [6.45, 7) is 7.15. The predicted molar refractivity (Wildman–Crippen MR) is 95.4 cm³/mol. The highest BCUT2D eigenvalue weighted by molar-refractivity contribution is 5.92. The van der Waals surface area contributed by atoms with Crippen molar-refractivity contribution in [2.24, 2.45) is 0 Å². The lowest BCUT2D eigenvalue weighted by Gasteiger charge is -2.36. The molecule has 25 heavy (non-hydrogen) atoms. The van der Waals surface area contributed by atoms with E-state index in [1.165, 1.54) is 18.3 Å². The largest absolute Gasteiger partial charge is 0.368 e. The first-order valence-electron chi connectivity index (χ1n) is 8.14. The lowest BCUT2D eigenvalue weighted by molar-refractivity contribution is 0.0952. The minimum atomic E-state index is -0.264. The second-order valence-electron chi connectivity index (χ2n) is 5.71. The number of amides is 1. The number of rotatable bonds is 5. The van der Waals surface area contributed by atoms with Gasteiger partial charge in [-0.2, -0.15) is 0 Å². The molecule has 1 aliphatic heterocycles. The Labute approximate surface area is 146 Å². The molecular weight excluding hydrogens is 321 g/mol. The van der Waals surface area contributed by atoms with Gasteiger partial charge in [-0.1, -0.05) is 6.08 Å². The van der Waals surface area contributed by atoms with Crippen LogP contribution in [0.2, 0.25) is 0 Å². The molecule has 0 atom stereocenters. The van der Waals surface area contributed by atoms with Gasteiger partial charge in [-0.25, -0.2) is 14.4 Å². The van der Waals surface area contributed by atoms with Gasteiger partial charge in [0.25, 0.3) is 5.91 Å². The summed E-state index contributed by atoms with van der Waals surface area (Å²) in [6, 6.07) is 6.54. The summed E-state index contributed by atoms with van der Waals surface area (Å²) >= 11 is 0. The Hall–Kier alpha value is -2.96. The quantitative estimate of drug-likeness (QED) is 0.841. The molecule has 3 rings (SSSR count). The molecule has 2 aromatic rings. The highest BCUT2D eigenvalue weighted by Gasteiger charge is 2.19. The van der Waals surface area contributed by atoms with Crippen molar-refractivity contribution in [1.82, 2.24) is 15.3 Å². The number of carbonyl (C=O) groups excluding carboxylic acids is 1. The van der Waals surface area contributed by atoms with Crippen LogP contribution in [-0.4, -0.2) is 48.6 Å². The molecule has 0 bridgehead atoms. The van der Waals surface area contributed by atoms with E-state index < -0.39 is 0 Å². The molecule has 6 nitrogen and oxygen atoms in total. The van der Waals surface area contributed by atoms with E-state index >= 15 is 0 Å². The number of nitrogens with one attached hydrogen (secondary N) is 1. The number of nitrogens with zero attached hydrogens (tertiary/aromatic N) is 4. The van der Waals surface area contributed by atoms with E-state index in [-0.39, 0.29) is 17.4 Å². The maximum Gasteiger partial charge on any atom is 0.271 e. The molecule has 1 aromatic heterocycles. The molecule has 0 radical (unpaired) electrons. The zero-order valence-corrected chi connectivity index (χ0v) is 13.9.